The number of methoxy groups -OCH3 is 3. The highest BCUT2D eigenvalue weighted by molar-refractivity contribution is 6.31. The van der Waals surface area contributed by atoms with Crippen LogP contribution >= 0.6 is 23.2 Å². The summed E-state index contributed by atoms with van der Waals surface area (Å²) in [7, 11) is 4.30. The van der Waals surface area contributed by atoms with Gasteiger partial charge in [-0.2, -0.15) is 0 Å². The second-order valence-corrected chi connectivity index (χ2v) is 9.39. The highest BCUT2D eigenvalue weighted by Crippen LogP contribution is 2.41. The van der Waals surface area contributed by atoms with Gasteiger partial charge in [0.25, 0.3) is 0 Å². The summed E-state index contributed by atoms with van der Waals surface area (Å²) in [5.41, 5.74) is 0.820. The molecule has 1 aromatic heterocycles. The first-order valence-electron chi connectivity index (χ1n) is 11.7. The van der Waals surface area contributed by atoms with Crippen LogP contribution in [-0.2, 0) is 9.53 Å². The molecule has 0 radical (unpaired) electrons. The van der Waals surface area contributed by atoms with Crippen LogP contribution in [0, 0.1) is 0 Å². The lowest BCUT2D eigenvalue weighted by atomic mass is 9.86. The van der Waals surface area contributed by atoms with E-state index >= 15 is 0 Å². The minimum atomic E-state index is -1.16. The zero-order chi connectivity index (χ0) is 28.9. The first-order valence-corrected chi connectivity index (χ1v) is 12.5. The number of aromatic hydroxyl groups is 1. The van der Waals surface area contributed by atoms with E-state index < -0.39 is 41.4 Å². The molecule has 10 nitrogen and oxygen atoms in total. The van der Waals surface area contributed by atoms with Gasteiger partial charge in [0.05, 0.1) is 33.3 Å². The van der Waals surface area contributed by atoms with E-state index in [0.29, 0.717) is 37.4 Å². The summed E-state index contributed by atoms with van der Waals surface area (Å²) >= 11 is 12.4. The molecule has 1 heterocycles. The molecular formula is C27H29Cl2N2O8+. The van der Waals surface area contributed by atoms with Crippen molar-refractivity contribution in [3.63, 3.8) is 0 Å². The van der Waals surface area contributed by atoms with E-state index in [1.807, 2.05) is 0 Å². The van der Waals surface area contributed by atoms with Gasteiger partial charge in [-0.25, -0.2) is 4.79 Å². The molecule has 12 heteroatoms. The zero-order valence-corrected chi connectivity index (χ0v) is 23.4. The maximum atomic E-state index is 13.1. The molecule has 0 spiro atoms. The maximum Gasteiger partial charge on any atom is 0.366 e. The minimum Gasteiger partial charge on any atom is -0.499 e. The van der Waals surface area contributed by atoms with Crippen LogP contribution in [0.5, 0.6) is 23.0 Å². The van der Waals surface area contributed by atoms with Crippen molar-refractivity contribution < 1.29 is 43.6 Å². The van der Waals surface area contributed by atoms with E-state index in [4.69, 9.17) is 42.1 Å². The number of nitrogens with zero attached hydrogens (tertiary/aromatic N) is 1. The molecule has 0 bridgehead atoms. The first-order chi connectivity index (χ1) is 18.5. The fraction of sp³-hybridized carbons (Fsp3) is 0.296. The average molecular weight is 580 g/mol. The Hall–Kier alpha value is -3.89. The van der Waals surface area contributed by atoms with Gasteiger partial charge >= 0.3 is 17.6 Å². The Morgan fingerprint density at radius 2 is 1.38 bits per heavy atom. The number of carbonyl (C=O) groups excluding carboxylic acids is 2. The van der Waals surface area contributed by atoms with Gasteiger partial charge in [0.15, 0.2) is 5.75 Å². The number of carbonyl (C=O) groups is 2. The zero-order valence-electron chi connectivity index (χ0n) is 21.9. The van der Waals surface area contributed by atoms with Crippen LogP contribution in [0.15, 0.2) is 48.7 Å². The second-order valence-electron chi connectivity index (χ2n) is 8.51. The van der Waals surface area contributed by atoms with Crippen molar-refractivity contribution >= 4 is 35.1 Å². The third-order valence-corrected chi connectivity index (χ3v) is 6.49. The van der Waals surface area contributed by atoms with Crippen molar-refractivity contribution in [3.8, 4) is 23.0 Å². The smallest absolute Gasteiger partial charge is 0.366 e. The van der Waals surface area contributed by atoms with Crippen molar-refractivity contribution in [1.82, 2.24) is 5.32 Å². The largest absolute Gasteiger partial charge is 0.499 e. The molecule has 0 aliphatic rings. The van der Waals surface area contributed by atoms with Gasteiger partial charge in [-0.15, -0.1) is 0 Å². The van der Waals surface area contributed by atoms with Crippen LogP contribution in [-0.4, -0.2) is 55.7 Å². The van der Waals surface area contributed by atoms with Crippen molar-refractivity contribution in [2.45, 2.75) is 31.9 Å². The van der Waals surface area contributed by atoms with Crippen LogP contribution in [0.2, 0.25) is 10.0 Å². The third-order valence-electron chi connectivity index (χ3n) is 6.02. The van der Waals surface area contributed by atoms with Crippen LogP contribution in [0.4, 0.5) is 0 Å². The number of halogens is 2. The summed E-state index contributed by atoms with van der Waals surface area (Å²) in [6.07, 6.45) is 0.317. The summed E-state index contributed by atoms with van der Waals surface area (Å²) in [5, 5.41) is 23.6. The number of esters is 1. The van der Waals surface area contributed by atoms with Crippen LogP contribution in [0.1, 0.15) is 41.4 Å². The normalized spacial score (nSPS) is 12.4. The molecule has 1 amide bonds. The highest BCUT2D eigenvalue weighted by Gasteiger charge is 2.34. The van der Waals surface area contributed by atoms with Gasteiger partial charge in [-0.05, 0) is 38.1 Å². The third kappa shape index (κ3) is 6.58. The maximum absolute atomic E-state index is 13.1. The molecule has 3 aromatic rings. The predicted octanol–water partition coefficient (Wildman–Crippen LogP) is 4.13. The van der Waals surface area contributed by atoms with Crippen molar-refractivity contribution in [1.29, 1.82) is 0 Å². The molecule has 3 rings (SSSR count). The number of nitrogens with one attached hydrogen (secondary N) is 1. The van der Waals surface area contributed by atoms with E-state index in [2.05, 4.69) is 5.32 Å². The highest BCUT2D eigenvalue weighted by atomic mass is 35.5. The van der Waals surface area contributed by atoms with E-state index in [-0.39, 0.29) is 5.75 Å². The number of amides is 1. The molecule has 3 N–H and O–H groups in total. The molecule has 208 valence electrons. The van der Waals surface area contributed by atoms with E-state index in [1.165, 1.54) is 34.3 Å². The number of hydrogen-bond acceptors (Lipinski definition) is 8. The molecule has 0 saturated carbocycles. The topological polar surface area (TPSA) is 127 Å². The van der Waals surface area contributed by atoms with E-state index in [1.54, 1.807) is 43.3 Å². The Labute approximate surface area is 235 Å². The molecule has 1 unspecified atom stereocenters. The fourth-order valence-corrected chi connectivity index (χ4v) is 4.45. The summed E-state index contributed by atoms with van der Waals surface area (Å²) in [5.74, 6) is -1.98. The summed E-state index contributed by atoms with van der Waals surface area (Å²) in [6.45, 7) is 3.10. The summed E-state index contributed by atoms with van der Waals surface area (Å²) < 4.78 is 22.3. The number of hydrogen-bond donors (Lipinski definition) is 3. The first kappa shape index (κ1) is 29.7. The summed E-state index contributed by atoms with van der Waals surface area (Å²) in [6, 6.07) is 10.3. The lowest BCUT2D eigenvalue weighted by molar-refractivity contribution is -0.906. The van der Waals surface area contributed by atoms with Crippen molar-refractivity contribution in [2.24, 2.45) is 0 Å². The number of aromatic nitrogens is 1. The standard InChI is InChI=1S/C27H28Cl2N2O8/c1-14(30-26(33)24-25(32)20(36-3)10-11-31(24)35)27(34)39-15(2)23(18-8-6-16(28)12-21(18)37-4)19-9-7-17(29)13-22(19)38-5/h6-15,23H,1-5H3,(H2-,30,32,33,35)/p+1/t14-,15?/m0/s1. The fourth-order valence-electron chi connectivity index (χ4n) is 4.13. The van der Waals surface area contributed by atoms with Gasteiger partial charge < -0.3 is 29.4 Å². The predicted molar refractivity (Wildman–Crippen MR) is 142 cm³/mol. The molecule has 0 aliphatic carbocycles. The molecule has 0 fully saturated rings. The van der Waals surface area contributed by atoms with Gasteiger partial charge in [0, 0.05) is 25.9 Å². The van der Waals surface area contributed by atoms with Crippen LogP contribution in [0.25, 0.3) is 0 Å². The van der Waals surface area contributed by atoms with Gasteiger partial charge in [-0.1, -0.05) is 35.3 Å². The Balaban J connectivity index is 1.91. The van der Waals surface area contributed by atoms with Gasteiger partial charge in [0.2, 0.25) is 11.9 Å². The molecule has 2 aromatic carbocycles. The van der Waals surface area contributed by atoms with Gasteiger partial charge in [-0.3, -0.25) is 10.0 Å². The Kier molecular flexibility index (Phi) is 9.71. The molecule has 39 heavy (non-hydrogen) atoms. The number of ether oxygens (including phenoxy) is 4. The SMILES string of the molecule is COc1cc(Cl)ccc1C(c1ccc(Cl)cc1OC)C(C)OC(=O)[C@H](C)NC(=O)c1c(O)c(OC)cc[n+]1O. The molecular weight excluding hydrogens is 551 g/mol. The quantitative estimate of drug-likeness (QED) is 0.186. The second kappa shape index (κ2) is 12.8. The van der Waals surface area contributed by atoms with Crippen LogP contribution < -0.4 is 24.3 Å². The number of pyridine rings is 1. The van der Waals surface area contributed by atoms with Crippen molar-refractivity contribution in [2.75, 3.05) is 21.3 Å². The average Bonchev–Trinajstić information content (AvgIpc) is 2.90. The van der Waals surface area contributed by atoms with Crippen molar-refractivity contribution in [3.05, 3.63) is 75.5 Å². The van der Waals surface area contributed by atoms with Crippen LogP contribution in [0.3, 0.4) is 0 Å². The van der Waals surface area contributed by atoms with E-state index in [9.17, 15) is 19.9 Å². The lowest BCUT2D eigenvalue weighted by Gasteiger charge is -2.28. The van der Waals surface area contributed by atoms with Gasteiger partial charge in [0.1, 0.15) is 23.6 Å². The number of benzene rings is 2. The molecule has 2 atom stereocenters. The summed E-state index contributed by atoms with van der Waals surface area (Å²) in [4.78, 5) is 25.9. The number of rotatable bonds is 10. The molecule has 0 saturated heterocycles. The Morgan fingerprint density at radius 3 is 1.87 bits per heavy atom. The van der Waals surface area contributed by atoms with E-state index in [0.717, 1.165) is 6.20 Å². The molecule has 0 aliphatic heterocycles. The lowest BCUT2D eigenvalue weighted by Crippen LogP contribution is -2.47. The Bertz CT molecular complexity index is 1310. The minimum absolute atomic E-state index is 0.0361. The monoisotopic (exact) mass is 579 g/mol. The Morgan fingerprint density at radius 1 is 0.872 bits per heavy atom.